The summed E-state index contributed by atoms with van der Waals surface area (Å²) in [5.41, 5.74) is 19.0. The molecule has 60 heavy (non-hydrogen) atoms. The summed E-state index contributed by atoms with van der Waals surface area (Å²) in [5.74, 6) is 4.90. The van der Waals surface area contributed by atoms with Gasteiger partial charge in [0.1, 0.15) is 0 Å². The minimum Gasteiger partial charge on any atom is -0.310 e. The maximum atomic E-state index is 2.67. The summed E-state index contributed by atoms with van der Waals surface area (Å²) < 4.78 is 0. The van der Waals surface area contributed by atoms with Gasteiger partial charge in [0.15, 0.2) is 0 Å². The number of fused-ring (bicyclic) bond motifs is 9. The summed E-state index contributed by atoms with van der Waals surface area (Å²) in [6.07, 6.45) is 17.2. The second-order valence-corrected chi connectivity index (χ2v) is 19.8. The van der Waals surface area contributed by atoms with Gasteiger partial charge in [-0.25, -0.2) is 0 Å². The summed E-state index contributed by atoms with van der Waals surface area (Å²) >= 11 is 0. The van der Waals surface area contributed by atoms with Gasteiger partial charge in [0.05, 0.1) is 5.69 Å². The van der Waals surface area contributed by atoms with E-state index in [9.17, 15) is 0 Å². The first-order valence-electron chi connectivity index (χ1n) is 23.3. The molecule has 7 aromatic carbocycles. The van der Waals surface area contributed by atoms with Crippen molar-refractivity contribution in [2.45, 2.75) is 69.1 Å². The molecule has 7 aliphatic carbocycles. The molecule has 14 rings (SSSR count). The van der Waals surface area contributed by atoms with Gasteiger partial charge >= 0.3 is 0 Å². The van der Waals surface area contributed by atoms with E-state index in [1.165, 1.54) is 118 Å². The molecular weight excluding hydrogens is 723 g/mol. The Morgan fingerprint density at radius 3 is 2.03 bits per heavy atom. The maximum Gasteiger partial charge on any atom is 0.0540 e. The monoisotopic (exact) mass is 773 g/mol. The number of nitrogens with zero attached hydrogens (tertiary/aromatic N) is 1. The van der Waals surface area contributed by atoms with Crippen molar-refractivity contribution < 1.29 is 0 Å². The van der Waals surface area contributed by atoms with Gasteiger partial charge in [-0.15, -0.1) is 0 Å². The Morgan fingerprint density at radius 2 is 1.20 bits per heavy atom. The highest BCUT2D eigenvalue weighted by molar-refractivity contribution is 5.94. The van der Waals surface area contributed by atoms with Crippen LogP contribution in [0.15, 0.2) is 158 Å². The van der Waals surface area contributed by atoms with Crippen LogP contribution in [0.2, 0.25) is 0 Å². The first kappa shape index (κ1) is 34.1. The third kappa shape index (κ3) is 4.29. The smallest absolute Gasteiger partial charge is 0.0540 e. The van der Waals surface area contributed by atoms with Crippen molar-refractivity contribution in [3.05, 3.63) is 180 Å². The van der Waals surface area contributed by atoms with Gasteiger partial charge in [0, 0.05) is 22.4 Å². The van der Waals surface area contributed by atoms with Gasteiger partial charge < -0.3 is 4.90 Å². The molecular formula is C59H51N. The van der Waals surface area contributed by atoms with Crippen molar-refractivity contribution in [3.63, 3.8) is 0 Å². The summed E-state index contributed by atoms with van der Waals surface area (Å²) in [6, 6.07) is 58.7. The molecule has 7 aromatic rings. The molecule has 0 bridgehead atoms. The lowest BCUT2D eigenvalue weighted by molar-refractivity contribution is -0.412. The molecule has 0 radical (unpaired) electrons. The number of allylic oxidation sites excluding steroid dienone is 1. The minimum atomic E-state index is 0.165. The van der Waals surface area contributed by atoms with Crippen molar-refractivity contribution >= 4 is 33.9 Å². The van der Waals surface area contributed by atoms with E-state index in [2.05, 4.69) is 169 Å². The second-order valence-electron chi connectivity index (χ2n) is 19.8. The molecule has 0 heterocycles. The Hall–Kier alpha value is -5.66. The van der Waals surface area contributed by atoms with Gasteiger partial charge in [-0.1, -0.05) is 147 Å². The van der Waals surface area contributed by atoms with E-state index in [0.717, 1.165) is 36.0 Å². The Kier molecular flexibility index (Phi) is 7.07. The second kappa shape index (κ2) is 12.4. The van der Waals surface area contributed by atoms with E-state index < -0.39 is 0 Å². The first-order valence-corrected chi connectivity index (χ1v) is 23.3. The van der Waals surface area contributed by atoms with Crippen LogP contribution in [0.4, 0.5) is 17.1 Å². The lowest BCUT2D eigenvalue weighted by Gasteiger charge is -2.92. The van der Waals surface area contributed by atoms with Gasteiger partial charge in [-0.2, -0.15) is 0 Å². The average molecular weight is 774 g/mol. The molecule has 5 atom stereocenters. The first-order chi connectivity index (χ1) is 29.7. The number of rotatable bonds is 6. The summed E-state index contributed by atoms with van der Waals surface area (Å²) in [7, 11) is 0. The molecule has 0 aromatic heterocycles. The van der Waals surface area contributed by atoms with Gasteiger partial charge in [-0.3, -0.25) is 0 Å². The molecule has 0 amide bonds. The summed E-state index contributed by atoms with van der Waals surface area (Å²) in [4.78, 5) is 2.62. The predicted molar refractivity (Wildman–Crippen MR) is 249 cm³/mol. The van der Waals surface area contributed by atoms with E-state index >= 15 is 0 Å². The van der Waals surface area contributed by atoms with Crippen molar-refractivity contribution in [2.24, 2.45) is 35.0 Å². The highest BCUT2D eigenvalue weighted by Crippen LogP contribution is 2.94. The topological polar surface area (TPSA) is 3.24 Å². The Bertz CT molecular complexity index is 2900. The van der Waals surface area contributed by atoms with Gasteiger partial charge in [0.25, 0.3) is 0 Å². The molecule has 5 fully saturated rings. The summed E-state index contributed by atoms with van der Waals surface area (Å²) in [6.45, 7) is 0. The van der Waals surface area contributed by atoms with E-state index in [1.54, 1.807) is 16.7 Å². The zero-order valence-electron chi connectivity index (χ0n) is 34.4. The van der Waals surface area contributed by atoms with Crippen molar-refractivity contribution in [1.29, 1.82) is 0 Å². The zero-order valence-corrected chi connectivity index (χ0v) is 34.4. The van der Waals surface area contributed by atoms with Gasteiger partial charge in [0.2, 0.25) is 0 Å². The van der Waals surface area contributed by atoms with Crippen LogP contribution in [0.5, 0.6) is 0 Å². The average Bonchev–Trinajstić information content (AvgIpc) is 3.58. The molecule has 2 spiro atoms. The SMILES string of the molecule is C1=Cc2cccc(-c3ccccc3N(c3ccc(-c4ccc5ccccc5c4)cc3)c3ccc4c(c3)C3(c5ccccc5-4)C4CC5CC6CC3C564)c2C(C2CCCCC2)C1. The van der Waals surface area contributed by atoms with E-state index in [-0.39, 0.29) is 5.41 Å². The number of anilines is 3. The molecule has 1 heteroatoms. The highest BCUT2D eigenvalue weighted by Gasteiger charge is 2.90. The Morgan fingerprint density at radius 1 is 0.500 bits per heavy atom. The predicted octanol–water partition coefficient (Wildman–Crippen LogP) is 15.7. The van der Waals surface area contributed by atoms with Crippen LogP contribution in [0.25, 0.3) is 50.2 Å². The molecule has 0 saturated heterocycles. The fourth-order valence-corrected chi connectivity index (χ4v) is 15.4. The van der Waals surface area contributed by atoms with Gasteiger partial charge in [-0.05, 0) is 177 Å². The third-order valence-corrected chi connectivity index (χ3v) is 17.8. The molecule has 1 nitrogen and oxygen atoms in total. The molecule has 0 aliphatic heterocycles. The van der Waals surface area contributed by atoms with E-state index in [0.29, 0.717) is 11.3 Å². The largest absolute Gasteiger partial charge is 0.310 e. The third-order valence-electron chi connectivity index (χ3n) is 17.8. The lowest BCUT2D eigenvalue weighted by Crippen LogP contribution is -2.88. The maximum absolute atomic E-state index is 2.67. The fraction of sp³-hybridized carbons (Fsp3) is 0.288. The van der Waals surface area contributed by atoms with E-state index in [4.69, 9.17) is 0 Å². The summed E-state index contributed by atoms with van der Waals surface area (Å²) in [5, 5.41) is 2.57. The van der Waals surface area contributed by atoms with Crippen LogP contribution in [0.1, 0.15) is 86.0 Å². The Balaban J connectivity index is 0.948. The number of hydrogen-bond acceptors (Lipinski definition) is 1. The molecule has 0 N–H and O–H groups in total. The van der Waals surface area contributed by atoms with E-state index in [1.807, 2.05) is 0 Å². The van der Waals surface area contributed by atoms with Crippen LogP contribution >= 0.6 is 0 Å². The number of benzene rings is 7. The number of para-hydroxylation sites is 1. The van der Waals surface area contributed by atoms with Crippen LogP contribution < -0.4 is 4.90 Å². The van der Waals surface area contributed by atoms with Crippen molar-refractivity contribution in [1.82, 2.24) is 0 Å². The van der Waals surface area contributed by atoms with Crippen molar-refractivity contribution in [3.8, 4) is 33.4 Å². The Labute approximate surface area is 354 Å². The van der Waals surface area contributed by atoms with Crippen LogP contribution in [0.3, 0.4) is 0 Å². The fourth-order valence-electron chi connectivity index (χ4n) is 15.4. The van der Waals surface area contributed by atoms with Crippen molar-refractivity contribution in [2.75, 3.05) is 4.90 Å². The van der Waals surface area contributed by atoms with Crippen LogP contribution in [-0.2, 0) is 5.41 Å². The molecule has 5 saturated carbocycles. The molecule has 7 aliphatic rings. The lowest BCUT2D eigenvalue weighted by atomic mass is 9.11. The standard InChI is InChI=1S/C59H51N/c1-2-13-39(14-3-1)47-20-10-16-40-17-11-21-51(57(40)47)50-19-7-9-23-54(50)60(45-28-26-38(27-29-45)42-25-24-37-12-4-5-15-41(37)32-42)46-30-31-49-48-18-6-8-22-52(48)59(53(49)36-46)55-34-43-33-44-35-56(59)58(43,44)55/h4-12,15-19,21-32,36,39,43-44,47,55-56H,1-3,13-14,20,33-35H2. The number of hydrogen-bond donors (Lipinski definition) is 0. The van der Waals surface area contributed by atoms with Crippen LogP contribution in [0, 0.1) is 35.0 Å². The normalized spacial score (nSPS) is 28.6. The quantitative estimate of drug-likeness (QED) is 0.163. The highest BCUT2D eigenvalue weighted by atomic mass is 15.1. The van der Waals surface area contributed by atoms with Crippen LogP contribution in [-0.4, -0.2) is 0 Å². The zero-order chi connectivity index (χ0) is 39.2. The minimum absolute atomic E-state index is 0.165. The molecule has 5 unspecified atom stereocenters. The molecule has 292 valence electrons.